The lowest BCUT2D eigenvalue weighted by molar-refractivity contribution is 0.105. The van der Waals surface area contributed by atoms with Gasteiger partial charge in [-0.1, -0.05) is 13.8 Å². The van der Waals surface area contributed by atoms with Crippen LogP contribution in [0.25, 0.3) is 10.9 Å². The van der Waals surface area contributed by atoms with E-state index in [0.29, 0.717) is 19.1 Å². The molecule has 0 aliphatic carbocycles. The average molecular weight is 389 g/mol. The first-order valence-electron chi connectivity index (χ1n) is 8.14. The first-order chi connectivity index (χ1) is 12.1. The molecular formula is C16H27N3O6S. The molecule has 1 aromatic heterocycles. The van der Waals surface area contributed by atoms with Crippen molar-refractivity contribution in [2.24, 2.45) is 5.73 Å². The van der Waals surface area contributed by atoms with E-state index in [1.807, 2.05) is 38.2 Å². The molecule has 0 saturated heterocycles. The van der Waals surface area contributed by atoms with E-state index in [9.17, 15) is 5.11 Å². The molecule has 148 valence electrons. The summed E-state index contributed by atoms with van der Waals surface area (Å²) < 4.78 is 37.3. The third-order valence-electron chi connectivity index (χ3n) is 3.36. The minimum atomic E-state index is -4.67. The summed E-state index contributed by atoms with van der Waals surface area (Å²) in [5.41, 5.74) is 7.89. The van der Waals surface area contributed by atoms with Gasteiger partial charge in [0.15, 0.2) is 0 Å². The highest BCUT2D eigenvalue weighted by molar-refractivity contribution is 7.79. The second-order valence-electron chi connectivity index (χ2n) is 6.04. The molecule has 0 bridgehead atoms. The largest absolute Gasteiger partial charge is 0.491 e. The van der Waals surface area contributed by atoms with Crippen LogP contribution in [0, 0.1) is 0 Å². The van der Waals surface area contributed by atoms with Crippen molar-refractivity contribution in [1.29, 1.82) is 0 Å². The zero-order valence-corrected chi connectivity index (χ0v) is 15.7. The van der Waals surface area contributed by atoms with Crippen molar-refractivity contribution >= 4 is 21.3 Å². The lowest BCUT2D eigenvalue weighted by atomic mass is 10.1. The lowest BCUT2D eigenvalue weighted by Gasteiger charge is -2.15. The van der Waals surface area contributed by atoms with Crippen molar-refractivity contribution in [2.75, 3.05) is 19.7 Å². The molecule has 0 radical (unpaired) electrons. The zero-order valence-electron chi connectivity index (χ0n) is 14.8. The second kappa shape index (κ2) is 10.5. The predicted octanol–water partition coefficient (Wildman–Crippen LogP) is 0.754. The number of nitrogens with two attached hydrogens (primary N) is 1. The summed E-state index contributed by atoms with van der Waals surface area (Å²) in [5.74, 6) is 0.768. The number of hydrogen-bond acceptors (Lipinski definition) is 6. The van der Waals surface area contributed by atoms with Gasteiger partial charge in [0.2, 0.25) is 0 Å². The van der Waals surface area contributed by atoms with Gasteiger partial charge in [0.1, 0.15) is 18.5 Å². The van der Waals surface area contributed by atoms with E-state index in [1.165, 1.54) is 5.56 Å². The Kier molecular flexibility index (Phi) is 8.99. The Morgan fingerprint density at radius 3 is 2.54 bits per heavy atom. The summed E-state index contributed by atoms with van der Waals surface area (Å²) in [6.07, 6.45) is 2.31. The maximum absolute atomic E-state index is 9.86. The van der Waals surface area contributed by atoms with Gasteiger partial charge in [-0.25, -0.2) is 0 Å². The molecule has 1 aromatic carbocycles. The van der Waals surface area contributed by atoms with E-state index in [1.54, 1.807) is 0 Å². The molecule has 0 aliphatic heterocycles. The van der Waals surface area contributed by atoms with Gasteiger partial charge in [0, 0.05) is 29.7 Å². The number of fused-ring (bicyclic) bond motifs is 1. The molecule has 1 atom stereocenters. The van der Waals surface area contributed by atoms with E-state index in [-0.39, 0.29) is 6.61 Å². The number of hydrogen-bond donors (Lipinski definition) is 6. The van der Waals surface area contributed by atoms with Gasteiger partial charge in [-0.3, -0.25) is 9.11 Å². The third-order valence-corrected chi connectivity index (χ3v) is 3.36. The Hall–Kier alpha value is -1.69. The number of benzene rings is 1. The number of aliphatic hydroxyl groups is 1. The molecule has 0 aliphatic rings. The van der Waals surface area contributed by atoms with Gasteiger partial charge in [-0.05, 0) is 36.7 Å². The highest BCUT2D eigenvalue weighted by atomic mass is 32.3. The van der Waals surface area contributed by atoms with Crippen LogP contribution >= 0.6 is 0 Å². The molecule has 0 amide bonds. The number of rotatable bonds is 8. The first kappa shape index (κ1) is 22.4. The van der Waals surface area contributed by atoms with E-state index in [2.05, 4.69) is 10.3 Å². The minimum Gasteiger partial charge on any atom is -0.491 e. The maximum atomic E-state index is 9.86. The Morgan fingerprint density at radius 1 is 1.31 bits per heavy atom. The molecule has 2 aromatic rings. The fourth-order valence-corrected chi connectivity index (χ4v) is 2.23. The van der Waals surface area contributed by atoms with Crippen LogP contribution in [-0.4, -0.2) is 59.5 Å². The van der Waals surface area contributed by atoms with Gasteiger partial charge in [-0.15, -0.1) is 0 Å². The summed E-state index contributed by atoms with van der Waals surface area (Å²) in [4.78, 5) is 3.23. The molecule has 10 heteroatoms. The van der Waals surface area contributed by atoms with Gasteiger partial charge in [-0.2, -0.15) is 8.42 Å². The molecule has 2 rings (SSSR count). The van der Waals surface area contributed by atoms with E-state index < -0.39 is 16.5 Å². The number of nitrogens with one attached hydrogen (secondary N) is 2. The highest BCUT2D eigenvalue weighted by Gasteiger charge is 2.08. The standard InChI is InChI=1S/C16H25N3O2.H2O4S/c1-11(2)18-9-13(20)10-21-14-3-4-16-15(7-14)12(5-6-17)8-19-16;1-5(2,3)4/h3-4,7-8,11,13,18-20H,5-6,9-10,17H2,1-2H3;(H2,1,2,3,4). The van der Waals surface area contributed by atoms with Crippen molar-refractivity contribution in [1.82, 2.24) is 10.3 Å². The fourth-order valence-electron chi connectivity index (χ4n) is 2.23. The molecule has 9 nitrogen and oxygen atoms in total. The molecular weight excluding hydrogens is 362 g/mol. The van der Waals surface area contributed by atoms with E-state index in [4.69, 9.17) is 28.0 Å². The lowest BCUT2D eigenvalue weighted by Crippen LogP contribution is -2.35. The molecule has 0 fully saturated rings. The van der Waals surface area contributed by atoms with E-state index >= 15 is 0 Å². The Morgan fingerprint density at radius 2 is 1.96 bits per heavy atom. The molecule has 1 unspecified atom stereocenters. The van der Waals surface area contributed by atoms with Crippen LogP contribution < -0.4 is 15.8 Å². The highest BCUT2D eigenvalue weighted by Crippen LogP contribution is 2.24. The van der Waals surface area contributed by atoms with Crippen molar-refractivity contribution in [3.05, 3.63) is 30.0 Å². The molecule has 26 heavy (non-hydrogen) atoms. The van der Waals surface area contributed by atoms with Crippen molar-refractivity contribution in [3.8, 4) is 5.75 Å². The van der Waals surface area contributed by atoms with Crippen molar-refractivity contribution in [3.63, 3.8) is 0 Å². The van der Waals surface area contributed by atoms with Crippen LogP contribution in [0.4, 0.5) is 0 Å². The Balaban J connectivity index is 0.000000597. The first-order valence-corrected chi connectivity index (χ1v) is 9.54. The van der Waals surface area contributed by atoms with Crippen molar-refractivity contribution in [2.45, 2.75) is 32.4 Å². The summed E-state index contributed by atoms with van der Waals surface area (Å²) in [6, 6.07) is 6.26. The topological polar surface area (TPSA) is 158 Å². The molecule has 1 heterocycles. The smallest absolute Gasteiger partial charge is 0.394 e. The van der Waals surface area contributed by atoms with Gasteiger partial charge in [0.05, 0.1) is 0 Å². The zero-order chi connectivity index (χ0) is 19.7. The van der Waals surface area contributed by atoms with Crippen LogP contribution in [0.2, 0.25) is 0 Å². The summed E-state index contributed by atoms with van der Waals surface area (Å²) in [7, 11) is -4.67. The SMILES string of the molecule is CC(C)NCC(O)COc1ccc2[nH]cc(CCN)c2c1.O=S(=O)(O)O. The predicted molar refractivity (Wildman–Crippen MR) is 99.9 cm³/mol. The molecule has 0 saturated carbocycles. The van der Waals surface area contributed by atoms with Gasteiger partial charge < -0.3 is 25.9 Å². The Labute approximate surface area is 153 Å². The maximum Gasteiger partial charge on any atom is 0.394 e. The van der Waals surface area contributed by atoms with Gasteiger partial charge >= 0.3 is 10.4 Å². The van der Waals surface area contributed by atoms with Crippen LogP contribution in [0.3, 0.4) is 0 Å². The monoisotopic (exact) mass is 389 g/mol. The number of H-pyrrole nitrogens is 1. The number of aromatic amines is 1. The number of ether oxygens (including phenoxy) is 1. The summed E-state index contributed by atoms with van der Waals surface area (Å²) in [6.45, 7) is 5.53. The van der Waals surface area contributed by atoms with Crippen LogP contribution in [0.15, 0.2) is 24.4 Å². The normalized spacial score (nSPS) is 12.7. The fraction of sp³-hybridized carbons (Fsp3) is 0.500. The summed E-state index contributed by atoms with van der Waals surface area (Å²) in [5, 5.41) is 14.2. The second-order valence-corrected chi connectivity index (χ2v) is 6.93. The van der Waals surface area contributed by atoms with Crippen molar-refractivity contribution < 1.29 is 27.4 Å². The quantitative estimate of drug-likeness (QED) is 0.361. The van der Waals surface area contributed by atoms with Gasteiger partial charge in [0.25, 0.3) is 0 Å². The molecule has 0 spiro atoms. The summed E-state index contributed by atoms with van der Waals surface area (Å²) >= 11 is 0. The Bertz CT molecular complexity index is 767. The van der Waals surface area contributed by atoms with Crippen LogP contribution in [0.5, 0.6) is 5.75 Å². The average Bonchev–Trinajstić information content (AvgIpc) is 2.92. The van der Waals surface area contributed by atoms with Crippen LogP contribution in [-0.2, 0) is 16.8 Å². The minimum absolute atomic E-state index is 0.280. The molecule has 7 N–H and O–H groups in total. The van der Waals surface area contributed by atoms with Crippen LogP contribution in [0.1, 0.15) is 19.4 Å². The van der Waals surface area contributed by atoms with E-state index in [0.717, 1.165) is 23.1 Å². The number of aromatic nitrogens is 1. The number of aliphatic hydroxyl groups excluding tert-OH is 1. The third kappa shape index (κ3) is 9.13.